The van der Waals surface area contributed by atoms with Gasteiger partial charge in [0.15, 0.2) is 0 Å². The van der Waals surface area contributed by atoms with Gasteiger partial charge >= 0.3 is 0 Å². The molecule has 0 spiro atoms. The molecule has 20 heavy (non-hydrogen) atoms. The van der Waals surface area contributed by atoms with Crippen molar-refractivity contribution in [3.05, 3.63) is 0 Å². The van der Waals surface area contributed by atoms with Crippen LogP contribution >= 0.6 is 0 Å². The van der Waals surface area contributed by atoms with Gasteiger partial charge in [-0.15, -0.1) is 0 Å². The maximum atomic E-state index is 12.1. The van der Waals surface area contributed by atoms with Crippen molar-refractivity contribution >= 4 is 5.91 Å². The number of rotatable bonds is 4. The Labute approximate surface area is 123 Å². The maximum absolute atomic E-state index is 12.1. The normalized spacial score (nSPS) is 25.1. The molecule has 1 heterocycles. The molecule has 0 bridgehead atoms. The van der Waals surface area contributed by atoms with Gasteiger partial charge in [0.05, 0.1) is 6.54 Å². The van der Waals surface area contributed by atoms with Crippen LogP contribution in [-0.4, -0.2) is 42.5 Å². The fourth-order valence-electron chi connectivity index (χ4n) is 3.54. The minimum atomic E-state index is 0.192. The van der Waals surface area contributed by atoms with E-state index in [1.165, 1.54) is 38.5 Å². The summed E-state index contributed by atoms with van der Waals surface area (Å²) in [7, 11) is 0. The molecule has 2 rings (SSSR count). The van der Waals surface area contributed by atoms with E-state index in [1.54, 1.807) is 0 Å². The van der Waals surface area contributed by atoms with Crippen molar-refractivity contribution in [2.45, 2.75) is 70.4 Å². The van der Waals surface area contributed by atoms with Crippen LogP contribution in [0.15, 0.2) is 0 Å². The number of carbonyl (C=O) groups excluding carboxylic acids is 1. The van der Waals surface area contributed by atoms with Crippen LogP contribution in [0.4, 0.5) is 0 Å². The monoisotopic (exact) mass is 281 g/mol. The largest absolute Gasteiger partial charge is 0.352 e. The topological polar surface area (TPSA) is 58.4 Å². The van der Waals surface area contributed by atoms with Crippen LogP contribution in [0, 0.1) is 5.92 Å². The predicted molar refractivity (Wildman–Crippen MR) is 82.4 cm³/mol. The summed E-state index contributed by atoms with van der Waals surface area (Å²) >= 11 is 0. The Morgan fingerprint density at radius 1 is 1.15 bits per heavy atom. The number of hydrogen-bond acceptors (Lipinski definition) is 3. The number of hydrogen-bond donors (Lipinski definition) is 2. The van der Waals surface area contributed by atoms with Gasteiger partial charge in [0.25, 0.3) is 0 Å². The molecule has 116 valence electrons. The summed E-state index contributed by atoms with van der Waals surface area (Å²) in [4.78, 5) is 14.4. The number of nitrogens with one attached hydrogen (secondary N) is 1. The molecule has 0 aromatic carbocycles. The number of amides is 1. The third-order valence-electron chi connectivity index (χ3n) is 5.00. The Morgan fingerprint density at radius 2 is 1.75 bits per heavy atom. The van der Waals surface area contributed by atoms with Crippen molar-refractivity contribution in [1.29, 1.82) is 0 Å². The van der Waals surface area contributed by atoms with Crippen LogP contribution in [0.2, 0.25) is 0 Å². The van der Waals surface area contributed by atoms with E-state index in [4.69, 9.17) is 5.73 Å². The summed E-state index contributed by atoms with van der Waals surface area (Å²) in [6.07, 6.45) is 9.98. The molecular formula is C16H31N3O. The third kappa shape index (κ3) is 5.06. The molecule has 0 radical (unpaired) electrons. The zero-order valence-corrected chi connectivity index (χ0v) is 12.9. The summed E-state index contributed by atoms with van der Waals surface area (Å²) < 4.78 is 0. The summed E-state index contributed by atoms with van der Waals surface area (Å²) in [5.41, 5.74) is 5.89. The van der Waals surface area contributed by atoms with E-state index in [-0.39, 0.29) is 5.91 Å². The molecule has 2 fully saturated rings. The highest BCUT2D eigenvalue weighted by molar-refractivity contribution is 5.78. The second-order valence-corrected chi connectivity index (χ2v) is 6.72. The van der Waals surface area contributed by atoms with Crippen LogP contribution < -0.4 is 11.1 Å². The number of carbonyl (C=O) groups is 1. The second kappa shape index (κ2) is 7.99. The molecular weight excluding hydrogens is 250 g/mol. The first-order chi connectivity index (χ1) is 9.65. The SMILES string of the molecule is C[C@H](NC(=O)CN1CCC(N)CC1)C1CCCCCC1. The Hall–Kier alpha value is -0.610. The minimum Gasteiger partial charge on any atom is -0.352 e. The van der Waals surface area contributed by atoms with Crippen LogP contribution in [-0.2, 0) is 4.79 Å². The molecule has 0 unspecified atom stereocenters. The van der Waals surface area contributed by atoms with Gasteiger partial charge < -0.3 is 11.1 Å². The molecule has 0 aromatic rings. The molecule has 1 saturated heterocycles. The third-order valence-corrected chi connectivity index (χ3v) is 5.00. The van der Waals surface area contributed by atoms with Crippen molar-refractivity contribution in [1.82, 2.24) is 10.2 Å². The number of nitrogens with two attached hydrogens (primary N) is 1. The van der Waals surface area contributed by atoms with Crippen molar-refractivity contribution in [2.24, 2.45) is 11.7 Å². The zero-order valence-electron chi connectivity index (χ0n) is 12.9. The van der Waals surface area contributed by atoms with Gasteiger partial charge in [0, 0.05) is 25.2 Å². The highest BCUT2D eigenvalue weighted by atomic mass is 16.2. The van der Waals surface area contributed by atoms with E-state index in [2.05, 4.69) is 17.1 Å². The van der Waals surface area contributed by atoms with E-state index < -0.39 is 0 Å². The summed E-state index contributed by atoms with van der Waals surface area (Å²) in [5.74, 6) is 0.869. The summed E-state index contributed by atoms with van der Waals surface area (Å²) in [5, 5.41) is 3.22. The summed E-state index contributed by atoms with van der Waals surface area (Å²) in [6.45, 7) is 4.66. The van der Waals surface area contributed by atoms with Gasteiger partial charge in [-0.05, 0) is 38.5 Å². The van der Waals surface area contributed by atoms with E-state index in [9.17, 15) is 4.79 Å². The number of nitrogens with zero attached hydrogens (tertiary/aromatic N) is 1. The first-order valence-corrected chi connectivity index (χ1v) is 8.42. The molecule has 1 atom stereocenters. The average molecular weight is 281 g/mol. The van der Waals surface area contributed by atoms with Gasteiger partial charge in [0.1, 0.15) is 0 Å². The molecule has 1 amide bonds. The van der Waals surface area contributed by atoms with Crippen molar-refractivity contribution in [3.8, 4) is 0 Å². The molecule has 4 heteroatoms. The van der Waals surface area contributed by atoms with Crippen molar-refractivity contribution in [3.63, 3.8) is 0 Å². The quantitative estimate of drug-likeness (QED) is 0.774. The van der Waals surface area contributed by atoms with Crippen molar-refractivity contribution in [2.75, 3.05) is 19.6 Å². The van der Waals surface area contributed by atoms with Crippen LogP contribution in [0.5, 0.6) is 0 Å². The Kier molecular flexibility index (Phi) is 6.30. The highest BCUT2D eigenvalue weighted by Crippen LogP contribution is 2.25. The van der Waals surface area contributed by atoms with E-state index in [1.807, 2.05) is 0 Å². The maximum Gasteiger partial charge on any atom is 0.234 e. The first-order valence-electron chi connectivity index (χ1n) is 8.42. The number of likely N-dealkylation sites (tertiary alicyclic amines) is 1. The lowest BCUT2D eigenvalue weighted by Crippen LogP contribution is -2.47. The fourth-order valence-corrected chi connectivity index (χ4v) is 3.54. The van der Waals surface area contributed by atoms with Crippen LogP contribution in [0.3, 0.4) is 0 Å². The van der Waals surface area contributed by atoms with E-state index in [0.29, 0.717) is 24.5 Å². The molecule has 1 aliphatic carbocycles. The molecule has 1 saturated carbocycles. The Morgan fingerprint density at radius 3 is 2.35 bits per heavy atom. The molecule has 1 aliphatic heterocycles. The zero-order chi connectivity index (χ0) is 14.4. The van der Waals surface area contributed by atoms with Gasteiger partial charge in [0.2, 0.25) is 5.91 Å². The Balaban J connectivity index is 1.70. The van der Waals surface area contributed by atoms with E-state index in [0.717, 1.165) is 25.9 Å². The van der Waals surface area contributed by atoms with Crippen LogP contribution in [0.25, 0.3) is 0 Å². The van der Waals surface area contributed by atoms with Gasteiger partial charge in [-0.1, -0.05) is 25.7 Å². The van der Waals surface area contributed by atoms with Gasteiger partial charge in [-0.3, -0.25) is 9.69 Å². The molecule has 2 aliphatic rings. The fraction of sp³-hybridized carbons (Fsp3) is 0.938. The second-order valence-electron chi connectivity index (χ2n) is 6.72. The molecule has 4 nitrogen and oxygen atoms in total. The highest BCUT2D eigenvalue weighted by Gasteiger charge is 2.22. The summed E-state index contributed by atoms with van der Waals surface area (Å²) in [6, 6.07) is 0.659. The Bertz CT molecular complexity index is 292. The van der Waals surface area contributed by atoms with Gasteiger partial charge in [-0.25, -0.2) is 0 Å². The van der Waals surface area contributed by atoms with Crippen molar-refractivity contribution < 1.29 is 4.79 Å². The smallest absolute Gasteiger partial charge is 0.234 e. The molecule has 3 N–H and O–H groups in total. The lowest BCUT2D eigenvalue weighted by molar-refractivity contribution is -0.123. The van der Waals surface area contributed by atoms with Gasteiger partial charge in [-0.2, -0.15) is 0 Å². The standard InChI is InChI=1S/C16H31N3O/c1-13(14-6-4-2-3-5-7-14)18-16(20)12-19-10-8-15(17)9-11-19/h13-15H,2-12,17H2,1H3,(H,18,20)/t13-/m0/s1. The minimum absolute atomic E-state index is 0.192. The lowest BCUT2D eigenvalue weighted by Gasteiger charge is -2.30. The first kappa shape index (κ1) is 15.8. The predicted octanol–water partition coefficient (Wildman–Crippen LogP) is 1.88. The average Bonchev–Trinajstić information content (AvgIpc) is 2.70. The lowest BCUT2D eigenvalue weighted by atomic mass is 9.93. The molecule has 0 aromatic heterocycles. The van der Waals surface area contributed by atoms with E-state index >= 15 is 0 Å². The van der Waals surface area contributed by atoms with Crippen LogP contribution in [0.1, 0.15) is 58.3 Å². The number of piperidine rings is 1.